The number of ether oxygens (including phenoxy) is 1. The van der Waals surface area contributed by atoms with Crippen LogP contribution in [0.25, 0.3) is 10.9 Å². The molecule has 0 aliphatic heterocycles. The normalized spacial score (nSPS) is 11.6. The lowest BCUT2D eigenvalue weighted by molar-refractivity contribution is -0.116. The minimum Gasteiger partial charge on any atom is -0.385 e. The van der Waals surface area contributed by atoms with Gasteiger partial charge in [-0.15, -0.1) is 0 Å². The Morgan fingerprint density at radius 3 is 2.22 bits per heavy atom. The minimum absolute atomic E-state index is 0.0476. The number of rotatable bonds is 13. The van der Waals surface area contributed by atoms with E-state index in [1.807, 2.05) is 12.1 Å². The van der Waals surface area contributed by atoms with Crippen LogP contribution in [-0.4, -0.2) is 65.8 Å². The molecule has 4 heterocycles. The fourth-order valence-electron chi connectivity index (χ4n) is 5.89. The molecule has 3 amide bonds. The topological polar surface area (TPSA) is 159 Å². The van der Waals surface area contributed by atoms with Gasteiger partial charge in [0.25, 0.3) is 17.7 Å². The van der Waals surface area contributed by atoms with Gasteiger partial charge in [-0.05, 0) is 42.0 Å². The molecule has 258 valence electrons. The highest BCUT2D eigenvalue weighted by molar-refractivity contribution is 6.07. The van der Waals surface area contributed by atoms with E-state index in [1.54, 1.807) is 68.2 Å². The number of nitrogens with zero attached hydrogens (tertiary/aromatic N) is 6. The maximum absolute atomic E-state index is 13.7. The molecule has 0 atom stereocenters. The Bertz CT molecular complexity index is 2030. The van der Waals surface area contributed by atoms with Crippen LogP contribution in [-0.2, 0) is 36.1 Å². The Hall–Kier alpha value is -5.50. The third-order valence-corrected chi connectivity index (χ3v) is 8.50. The molecule has 5 aromatic rings. The van der Waals surface area contributed by atoms with Crippen molar-refractivity contribution in [3.05, 3.63) is 77.9 Å². The standard InChI is InChI=1S/C35H43N9O5/c1-8-13-35(2,3)23-12-11-22-18-36-44(26(22)15-23)34(48)28-17-25(20-42(28)5)37-32(46)27-16-24(19-41(27)4)38-33(47)31-40-29(21-43(31)6)39-30(45)10-9-14-49-7/h11-12,15-21H,8-10,13-14H2,1-7H3,(H,37,46)(H,38,47)(H,39,45). The Morgan fingerprint density at radius 1 is 0.857 bits per heavy atom. The number of aromatic nitrogens is 6. The molecule has 14 nitrogen and oxygen atoms in total. The van der Waals surface area contributed by atoms with Crippen LogP contribution in [0.2, 0.25) is 0 Å². The van der Waals surface area contributed by atoms with Crippen molar-refractivity contribution in [3.8, 4) is 0 Å². The maximum Gasteiger partial charge on any atom is 0.295 e. The summed E-state index contributed by atoms with van der Waals surface area (Å²) in [6, 6.07) is 9.26. The number of carbonyl (C=O) groups is 4. The highest BCUT2D eigenvalue weighted by Gasteiger charge is 2.24. The van der Waals surface area contributed by atoms with Gasteiger partial charge < -0.3 is 34.4 Å². The number of hydrogen-bond acceptors (Lipinski definition) is 7. The first-order chi connectivity index (χ1) is 23.3. The van der Waals surface area contributed by atoms with Crippen LogP contribution in [0.1, 0.15) is 83.6 Å². The lowest BCUT2D eigenvalue weighted by atomic mass is 9.80. The molecule has 0 saturated carbocycles. The second kappa shape index (κ2) is 14.3. The zero-order valence-corrected chi connectivity index (χ0v) is 29.0. The van der Waals surface area contributed by atoms with Crippen molar-refractivity contribution >= 4 is 51.7 Å². The van der Waals surface area contributed by atoms with Gasteiger partial charge in [0, 0.05) is 65.3 Å². The van der Waals surface area contributed by atoms with E-state index in [1.165, 1.54) is 15.3 Å². The largest absolute Gasteiger partial charge is 0.385 e. The number of fused-ring (bicyclic) bond motifs is 1. The van der Waals surface area contributed by atoms with Gasteiger partial charge in [-0.2, -0.15) is 9.78 Å². The molecule has 0 aliphatic rings. The average molecular weight is 670 g/mol. The molecule has 0 radical (unpaired) electrons. The van der Waals surface area contributed by atoms with Gasteiger partial charge in [0.1, 0.15) is 11.4 Å². The molecule has 0 bridgehead atoms. The van der Waals surface area contributed by atoms with Gasteiger partial charge in [0.05, 0.1) is 23.1 Å². The molecule has 4 aromatic heterocycles. The molecule has 49 heavy (non-hydrogen) atoms. The summed E-state index contributed by atoms with van der Waals surface area (Å²) in [6.45, 7) is 7.02. The van der Waals surface area contributed by atoms with Crippen molar-refractivity contribution in [1.82, 2.24) is 28.5 Å². The Morgan fingerprint density at radius 2 is 1.53 bits per heavy atom. The van der Waals surface area contributed by atoms with Crippen molar-refractivity contribution in [3.63, 3.8) is 0 Å². The highest BCUT2D eigenvalue weighted by Crippen LogP contribution is 2.31. The number of hydrogen-bond donors (Lipinski definition) is 3. The molecular weight excluding hydrogens is 626 g/mol. The number of carbonyl (C=O) groups excluding carboxylic acids is 4. The zero-order valence-electron chi connectivity index (χ0n) is 29.0. The lowest BCUT2D eigenvalue weighted by Crippen LogP contribution is -2.18. The molecule has 5 rings (SSSR count). The molecule has 0 aliphatic carbocycles. The third-order valence-electron chi connectivity index (χ3n) is 8.50. The van der Waals surface area contributed by atoms with Crippen molar-refractivity contribution in [1.29, 1.82) is 0 Å². The fraction of sp³-hybridized carbons (Fsp3) is 0.371. The first-order valence-electron chi connectivity index (χ1n) is 16.1. The van der Waals surface area contributed by atoms with Crippen LogP contribution in [0.15, 0.2) is 55.1 Å². The monoisotopic (exact) mass is 669 g/mol. The van der Waals surface area contributed by atoms with E-state index in [9.17, 15) is 19.2 Å². The summed E-state index contributed by atoms with van der Waals surface area (Å²) in [4.78, 5) is 56.4. The number of imidazole rings is 1. The number of nitrogens with one attached hydrogen (secondary N) is 3. The van der Waals surface area contributed by atoms with E-state index < -0.39 is 11.8 Å². The lowest BCUT2D eigenvalue weighted by Gasteiger charge is -2.24. The number of anilines is 3. The molecule has 14 heteroatoms. The van der Waals surface area contributed by atoms with Crippen LogP contribution >= 0.6 is 0 Å². The maximum atomic E-state index is 13.7. The van der Waals surface area contributed by atoms with Crippen molar-refractivity contribution in [2.45, 2.75) is 51.9 Å². The van der Waals surface area contributed by atoms with E-state index in [0.29, 0.717) is 30.1 Å². The summed E-state index contributed by atoms with van der Waals surface area (Å²) in [5, 5.41) is 13.5. The SMILES string of the molecule is CCCC(C)(C)c1ccc2cnn(C(=O)c3cc(NC(=O)c4cc(NC(=O)c5nc(NC(=O)CCCOC)cn5C)cn4C)cn3C)c2c1. The first kappa shape index (κ1) is 34.8. The predicted molar refractivity (Wildman–Crippen MR) is 187 cm³/mol. The second-order valence-corrected chi connectivity index (χ2v) is 12.8. The van der Waals surface area contributed by atoms with Crippen LogP contribution in [0.5, 0.6) is 0 Å². The number of amides is 3. The first-order valence-corrected chi connectivity index (χ1v) is 16.1. The van der Waals surface area contributed by atoms with Gasteiger partial charge in [-0.3, -0.25) is 19.2 Å². The summed E-state index contributed by atoms with van der Waals surface area (Å²) in [5.74, 6) is -1.17. The van der Waals surface area contributed by atoms with Gasteiger partial charge >= 0.3 is 0 Å². The van der Waals surface area contributed by atoms with E-state index in [4.69, 9.17) is 4.74 Å². The fourth-order valence-corrected chi connectivity index (χ4v) is 5.89. The molecule has 1 aromatic carbocycles. The smallest absolute Gasteiger partial charge is 0.295 e. The quantitative estimate of drug-likeness (QED) is 0.147. The molecule has 0 spiro atoms. The van der Waals surface area contributed by atoms with E-state index in [0.717, 1.165) is 29.3 Å². The summed E-state index contributed by atoms with van der Waals surface area (Å²) >= 11 is 0. The summed E-state index contributed by atoms with van der Waals surface area (Å²) < 4.78 is 11.1. The molecule has 0 unspecified atom stereocenters. The van der Waals surface area contributed by atoms with Gasteiger partial charge in [0.2, 0.25) is 11.7 Å². The third kappa shape index (κ3) is 7.64. The number of benzene rings is 1. The second-order valence-electron chi connectivity index (χ2n) is 12.8. The van der Waals surface area contributed by atoms with Crippen LogP contribution in [0.3, 0.4) is 0 Å². The van der Waals surface area contributed by atoms with E-state index in [2.05, 4.69) is 52.9 Å². The van der Waals surface area contributed by atoms with Crippen LogP contribution in [0, 0.1) is 0 Å². The Labute approximate surface area is 284 Å². The van der Waals surface area contributed by atoms with Crippen molar-refractivity contribution in [2.24, 2.45) is 21.1 Å². The van der Waals surface area contributed by atoms with Gasteiger partial charge in [-0.1, -0.05) is 39.3 Å². The molecular formula is C35H43N9O5. The summed E-state index contributed by atoms with van der Waals surface area (Å²) in [7, 11) is 6.63. The zero-order chi connectivity index (χ0) is 35.5. The Balaban J connectivity index is 1.26. The number of methoxy groups -OCH3 is 1. The number of aryl methyl sites for hydroxylation is 3. The highest BCUT2D eigenvalue weighted by atomic mass is 16.5. The van der Waals surface area contributed by atoms with Gasteiger partial charge in [-0.25, -0.2) is 4.98 Å². The molecule has 0 fully saturated rings. The van der Waals surface area contributed by atoms with Crippen LogP contribution < -0.4 is 16.0 Å². The van der Waals surface area contributed by atoms with Crippen molar-refractivity contribution in [2.75, 3.05) is 29.7 Å². The van der Waals surface area contributed by atoms with Gasteiger partial charge in [0.15, 0.2) is 5.82 Å². The predicted octanol–water partition coefficient (Wildman–Crippen LogP) is 5.08. The van der Waals surface area contributed by atoms with E-state index in [-0.39, 0.29) is 41.0 Å². The van der Waals surface area contributed by atoms with Crippen molar-refractivity contribution < 1.29 is 23.9 Å². The summed E-state index contributed by atoms with van der Waals surface area (Å²) in [5.41, 5.74) is 3.23. The Kier molecular flexibility index (Phi) is 10.2. The molecule has 3 N–H and O–H groups in total. The average Bonchev–Trinajstić information content (AvgIpc) is 3.81. The van der Waals surface area contributed by atoms with Crippen LogP contribution in [0.4, 0.5) is 17.2 Å². The van der Waals surface area contributed by atoms with E-state index >= 15 is 0 Å². The molecule has 0 saturated heterocycles. The minimum atomic E-state index is -0.515. The summed E-state index contributed by atoms with van der Waals surface area (Å²) in [6.07, 6.45) is 9.38.